The van der Waals surface area contributed by atoms with Crippen molar-refractivity contribution in [3.8, 4) is 16.9 Å². The molecule has 8 nitrogen and oxygen atoms in total. The first-order valence-corrected chi connectivity index (χ1v) is 10.3. The smallest absolute Gasteiger partial charge is 0.281 e. The molecule has 0 saturated heterocycles. The predicted octanol–water partition coefficient (Wildman–Crippen LogP) is 4.32. The third-order valence-corrected chi connectivity index (χ3v) is 4.83. The van der Waals surface area contributed by atoms with Crippen molar-refractivity contribution in [2.45, 2.75) is 59.0 Å². The second kappa shape index (κ2) is 11.1. The minimum Gasteiger partial charge on any atom is -0.545 e. The zero-order valence-corrected chi connectivity index (χ0v) is 18.0. The molecule has 1 amide bonds. The summed E-state index contributed by atoms with van der Waals surface area (Å²) in [6.07, 6.45) is 4.82. The van der Waals surface area contributed by atoms with Crippen LogP contribution < -0.4 is 15.2 Å². The van der Waals surface area contributed by atoms with E-state index in [1.54, 1.807) is 6.07 Å². The molecule has 0 fully saturated rings. The standard InChI is InChI=1S/C23H28N2O6/c1-4-5-6-7-10-15(2)31-22-14-21(25(29)30)19(13-20(22)24-16(3)26)17-11-8-9-12-18(17)23(27)28/h8-9,11-15H,4-7,10H2,1-3H3,(H,24,26)(H,27,28)/p-1/t15-/m0/s1. The molecule has 1 atom stereocenters. The Morgan fingerprint density at radius 2 is 1.84 bits per heavy atom. The number of ether oxygens (including phenoxy) is 1. The number of carboxylic acid groups (broad SMARTS) is 1. The summed E-state index contributed by atoms with van der Waals surface area (Å²) in [7, 11) is 0. The number of nitro benzene ring substituents is 1. The Bertz CT molecular complexity index is 957. The Hall–Kier alpha value is -3.42. The number of nitrogens with one attached hydrogen (secondary N) is 1. The number of benzene rings is 2. The Morgan fingerprint density at radius 3 is 2.45 bits per heavy atom. The summed E-state index contributed by atoms with van der Waals surface area (Å²) >= 11 is 0. The normalized spacial score (nSPS) is 11.6. The van der Waals surface area contributed by atoms with E-state index in [9.17, 15) is 24.8 Å². The maximum atomic E-state index is 11.8. The van der Waals surface area contributed by atoms with E-state index in [-0.39, 0.29) is 45.8 Å². The largest absolute Gasteiger partial charge is 0.545 e. The van der Waals surface area contributed by atoms with E-state index in [2.05, 4.69) is 12.2 Å². The molecular formula is C23H27N2O6-. The van der Waals surface area contributed by atoms with E-state index in [0.717, 1.165) is 32.1 Å². The summed E-state index contributed by atoms with van der Waals surface area (Å²) in [5.41, 5.74) is -0.0913. The molecule has 0 aromatic heterocycles. The number of hydrogen-bond acceptors (Lipinski definition) is 6. The van der Waals surface area contributed by atoms with Gasteiger partial charge in [0.25, 0.3) is 5.69 Å². The average Bonchev–Trinajstić information content (AvgIpc) is 2.71. The molecule has 0 spiro atoms. The van der Waals surface area contributed by atoms with Crippen LogP contribution >= 0.6 is 0 Å². The van der Waals surface area contributed by atoms with E-state index >= 15 is 0 Å². The number of nitro groups is 1. The van der Waals surface area contributed by atoms with Gasteiger partial charge in [-0.2, -0.15) is 0 Å². The number of carboxylic acids is 1. The lowest BCUT2D eigenvalue weighted by atomic mass is 9.97. The Morgan fingerprint density at radius 1 is 1.13 bits per heavy atom. The van der Waals surface area contributed by atoms with Crippen LogP contribution in [0.2, 0.25) is 0 Å². The monoisotopic (exact) mass is 427 g/mol. The van der Waals surface area contributed by atoms with E-state index < -0.39 is 10.9 Å². The number of nitrogens with zero attached hydrogens (tertiary/aromatic N) is 1. The highest BCUT2D eigenvalue weighted by Crippen LogP contribution is 2.40. The van der Waals surface area contributed by atoms with Gasteiger partial charge in [0.15, 0.2) is 0 Å². The average molecular weight is 427 g/mol. The number of rotatable bonds is 11. The minimum absolute atomic E-state index is 0.0523. The molecule has 0 heterocycles. The first kappa shape index (κ1) is 23.9. The number of aromatic carboxylic acids is 1. The first-order chi connectivity index (χ1) is 14.7. The van der Waals surface area contributed by atoms with Crippen molar-refractivity contribution in [1.29, 1.82) is 0 Å². The molecule has 166 valence electrons. The molecular weight excluding hydrogens is 400 g/mol. The minimum atomic E-state index is -1.45. The van der Waals surface area contributed by atoms with Crippen molar-refractivity contribution in [2.75, 3.05) is 5.32 Å². The Labute approximate surface area is 181 Å². The fourth-order valence-corrected chi connectivity index (χ4v) is 3.35. The predicted molar refractivity (Wildman–Crippen MR) is 116 cm³/mol. The quantitative estimate of drug-likeness (QED) is 0.324. The summed E-state index contributed by atoms with van der Waals surface area (Å²) in [6, 6.07) is 8.46. The zero-order valence-electron chi connectivity index (χ0n) is 18.0. The summed E-state index contributed by atoms with van der Waals surface area (Å²) < 4.78 is 5.94. The second-order valence-electron chi connectivity index (χ2n) is 7.41. The van der Waals surface area contributed by atoms with E-state index in [0.29, 0.717) is 0 Å². The molecule has 2 aromatic rings. The maximum Gasteiger partial charge on any atom is 0.281 e. The number of carbonyl (C=O) groups is 2. The van der Waals surface area contributed by atoms with Gasteiger partial charge < -0.3 is 20.0 Å². The number of anilines is 1. The lowest BCUT2D eigenvalue weighted by molar-refractivity contribution is -0.384. The molecule has 0 bridgehead atoms. The summed E-state index contributed by atoms with van der Waals surface area (Å²) in [5.74, 6) is -1.67. The molecule has 8 heteroatoms. The zero-order chi connectivity index (χ0) is 23.0. The van der Waals surface area contributed by atoms with Crippen LogP contribution in [0.1, 0.15) is 63.2 Å². The second-order valence-corrected chi connectivity index (χ2v) is 7.41. The summed E-state index contributed by atoms with van der Waals surface area (Å²) in [6.45, 7) is 5.31. The number of unbranched alkanes of at least 4 members (excludes halogenated alkanes) is 3. The highest BCUT2D eigenvalue weighted by Gasteiger charge is 2.23. The van der Waals surface area contributed by atoms with Gasteiger partial charge in [-0.25, -0.2) is 0 Å². The molecule has 0 radical (unpaired) electrons. The van der Waals surface area contributed by atoms with Gasteiger partial charge in [0.05, 0.1) is 34.3 Å². The van der Waals surface area contributed by atoms with Gasteiger partial charge in [-0.15, -0.1) is 0 Å². The van der Waals surface area contributed by atoms with Crippen LogP contribution in [0.3, 0.4) is 0 Å². The fourth-order valence-electron chi connectivity index (χ4n) is 3.35. The van der Waals surface area contributed by atoms with Gasteiger partial charge in [0.1, 0.15) is 5.75 Å². The molecule has 1 N–H and O–H groups in total. The molecule has 2 rings (SSSR count). The molecule has 0 saturated carbocycles. The van der Waals surface area contributed by atoms with Gasteiger partial charge in [-0.05, 0) is 31.4 Å². The third kappa shape index (κ3) is 6.53. The lowest BCUT2D eigenvalue weighted by Gasteiger charge is -2.19. The molecule has 0 aliphatic carbocycles. The van der Waals surface area contributed by atoms with Crippen LogP contribution in [0, 0.1) is 10.1 Å². The number of carbonyl (C=O) groups excluding carboxylic acids is 2. The lowest BCUT2D eigenvalue weighted by Crippen LogP contribution is -2.23. The van der Waals surface area contributed by atoms with Crippen LogP contribution in [-0.4, -0.2) is 22.9 Å². The fraction of sp³-hybridized carbons (Fsp3) is 0.391. The van der Waals surface area contributed by atoms with Crippen molar-refractivity contribution in [2.24, 2.45) is 0 Å². The molecule has 0 unspecified atom stereocenters. The topological polar surface area (TPSA) is 122 Å². The molecule has 0 aliphatic rings. The van der Waals surface area contributed by atoms with Gasteiger partial charge >= 0.3 is 0 Å². The van der Waals surface area contributed by atoms with Crippen molar-refractivity contribution in [1.82, 2.24) is 0 Å². The van der Waals surface area contributed by atoms with Gasteiger partial charge in [-0.3, -0.25) is 14.9 Å². The summed E-state index contributed by atoms with van der Waals surface area (Å²) in [5, 5.41) is 25.9. The third-order valence-electron chi connectivity index (χ3n) is 4.83. The van der Waals surface area contributed by atoms with E-state index in [1.165, 1.54) is 37.3 Å². The molecule has 31 heavy (non-hydrogen) atoms. The van der Waals surface area contributed by atoms with E-state index in [4.69, 9.17) is 4.74 Å². The SMILES string of the molecule is CCCCCC[C@H](C)Oc1cc([N+](=O)[O-])c(-c2ccccc2C(=O)[O-])cc1NC(C)=O. The van der Waals surface area contributed by atoms with Crippen molar-refractivity contribution >= 4 is 23.3 Å². The van der Waals surface area contributed by atoms with Crippen LogP contribution in [0.25, 0.3) is 11.1 Å². The van der Waals surface area contributed by atoms with E-state index in [1.807, 2.05) is 6.92 Å². The van der Waals surface area contributed by atoms with Crippen molar-refractivity contribution in [3.63, 3.8) is 0 Å². The highest BCUT2D eigenvalue weighted by atomic mass is 16.6. The number of hydrogen-bond donors (Lipinski definition) is 1. The first-order valence-electron chi connectivity index (χ1n) is 10.3. The summed E-state index contributed by atoms with van der Waals surface area (Å²) in [4.78, 5) is 34.4. The van der Waals surface area contributed by atoms with Crippen molar-refractivity contribution < 1.29 is 24.4 Å². The Balaban J connectivity index is 2.51. The van der Waals surface area contributed by atoms with Crippen LogP contribution in [-0.2, 0) is 4.79 Å². The van der Waals surface area contributed by atoms with Crippen LogP contribution in [0.15, 0.2) is 36.4 Å². The maximum absolute atomic E-state index is 11.8. The van der Waals surface area contributed by atoms with Gasteiger partial charge in [0.2, 0.25) is 5.91 Å². The molecule has 2 aromatic carbocycles. The van der Waals surface area contributed by atoms with Crippen LogP contribution in [0.5, 0.6) is 5.75 Å². The number of amides is 1. The van der Waals surface area contributed by atoms with Gasteiger partial charge in [0, 0.05) is 12.5 Å². The molecule has 0 aliphatic heterocycles. The van der Waals surface area contributed by atoms with Crippen LogP contribution in [0.4, 0.5) is 11.4 Å². The van der Waals surface area contributed by atoms with Gasteiger partial charge in [-0.1, -0.05) is 50.5 Å². The Kier molecular flexibility index (Phi) is 8.54. The highest BCUT2D eigenvalue weighted by molar-refractivity contribution is 5.98. The van der Waals surface area contributed by atoms with Crippen molar-refractivity contribution in [3.05, 3.63) is 52.1 Å².